The molecule has 5 heteroatoms. The molecule has 0 spiro atoms. The lowest BCUT2D eigenvalue weighted by Crippen LogP contribution is -2.38. The van der Waals surface area contributed by atoms with Gasteiger partial charge in [0.25, 0.3) is 5.91 Å². The van der Waals surface area contributed by atoms with E-state index in [9.17, 15) is 4.79 Å². The Bertz CT molecular complexity index is 485. The molecule has 0 saturated carbocycles. The Labute approximate surface area is 132 Å². The van der Waals surface area contributed by atoms with Crippen LogP contribution in [0.5, 0.6) is 5.75 Å². The molecule has 1 N–H and O–H groups in total. The molecule has 1 fully saturated rings. The number of amides is 1. The minimum Gasteiger partial charge on any atom is -0.484 e. The number of nitrogens with zero attached hydrogens (tertiary/aromatic N) is 1. The summed E-state index contributed by atoms with van der Waals surface area (Å²) < 4.78 is 10.8. The van der Waals surface area contributed by atoms with E-state index >= 15 is 0 Å². The normalized spacial score (nSPS) is 15.5. The zero-order chi connectivity index (χ0) is 15.8. The monoisotopic (exact) mass is 306 g/mol. The van der Waals surface area contributed by atoms with Gasteiger partial charge in [0.1, 0.15) is 5.75 Å². The van der Waals surface area contributed by atoms with Crippen LogP contribution in [-0.4, -0.2) is 56.8 Å². The standard InChI is InChI=1S/C17H26N2O3/c1-14-4-5-16(12-15(14)2)22-13-17(20)18-6-3-7-19-8-10-21-11-9-19/h4-5,12H,3,6-11,13H2,1-2H3,(H,18,20). The number of morpholine rings is 1. The van der Waals surface area contributed by atoms with Crippen LogP contribution in [0.2, 0.25) is 0 Å². The van der Waals surface area contributed by atoms with Gasteiger partial charge in [-0.25, -0.2) is 0 Å². The number of nitrogens with one attached hydrogen (secondary N) is 1. The molecule has 122 valence electrons. The van der Waals surface area contributed by atoms with Crippen molar-refractivity contribution in [1.29, 1.82) is 0 Å². The molecule has 2 rings (SSSR count). The third kappa shape index (κ3) is 5.66. The van der Waals surface area contributed by atoms with E-state index in [0.29, 0.717) is 6.54 Å². The summed E-state index contributed by atoms with van der Waals surface area (Å²) in [4.78, 5) is 14.1. The summed E-state index contributed by atoms with van der Waals surface area (Å²) in [5.74, 6) is 0.673. The second kappa shape index (κ2) is 8.76. The lowest BCUT2D eigenvalue weighted by atomic mass is 10.1. The molecule has 0 aliphatic carbocycles. The van der Waals surface area contributed by atoms with Gasteiger partial charge in [0.05, 0.1) is 13.2 Å². The van der Waals surface area contributed by atoms with Gasteiger partial charge >= 0.3 is 0 Å². The lowest BCUT2D eigenvalue weighted by molar-refractivity contribution is -0.123. The molecule has 1 aromatic carbocycles. The maximum absolute atomic E-state index is 11.7. The highest BCUT2D eigenvalue weighted by atomic mass is 16.5. The second-order valence-electron chi connectivity index (χ2n) is 5.69. The fourth-order valence-electron chi connectivity index (χ4n) is 2.36. The minimum absolute atomic E-state index is 0.0693. The second-order valence-corrected chi connectivity index (χ2v) is 5.69. The van der Waals surface area contributed by atoms with Crippen LogP contribution < -0.4 is 10.1 Å². The molecule has 0 atom stereocenters. The van der Waals surface area contributed by atoms with Crippen LogP contribution in [-0.2, 0) is 9.53 Å². The smallest absolute Gasteiger partial charge is 0.257 e. The number of hydrogen-bond acceptors (Lipinski definition) is 4. The third-order valence-corrected chi connectivity index (χ3v) is 3.93. The Morgan fingerprint density at radius 3 is 2.77 bits per heavy atom. The first-order chi connectivity index (χ1) is 10.6. The summed E-state index contributed by atoms with van der Waals surface area (Å²) in [6.07, 6.45) is 0.954. The number of ether oxygens (including phenoxy) is 2. The molecule has 5 nitrogen and oxygen atoms in total. The van der Waals surface area contributed by atoms with Gasteiger partial charge < -0.3 is 14.8 Å². The molecule has 1 heterocycles. The van der Waals surface area contributed by atoms with Crippen LogP contribution >= 0.6 is 0 Å². The highest BCUT2D eigenvalue weighted by Gasteiger charge is 2.09. The zero-order valence-electron chi connectivity index (χ0n) is 13.6. The summed E-state index contributed by atoms with van der Waals surface area (Å²) in [7, 11) is 0. The first-order valence-electron chi connectivity index (χ1n) is 7.92. The molecular formula is C17H26N2O3. The summed E-state index contributed by atoms with van der Waals surface area (Å²) in [5.41, 5.74) is 2.39. The van der Waals surface area contributed by atoms with Crippen molar-refractivity contribution in [1.82, 2.24) is 10.2 Å². The molecule has 1 aliphatic rings. The van der Waals surface area contributed by atoms with Gasteiger partial charge in [-0.15, -0.1) is 0 Å². The predicted molar refractivity (Wildman–Crippen MR) is 86.3 cm³/mol. The van der Waals surface area contributed by atoms with Crippen molar-refractivity contribution in [2.24, 2.45) is 0 Å². The fourth-order valence-corrected chi connectivity index (χ4v) is 2.36. The summed E-state index contributed by atoms with van der Waals surface area (Å²) in [6, 6.07) is 5.86. The molecule has 0 unspecified atom stereocenters. The first kappa shape index (κ1) is 16.8. The molecule has 22 heavy (non-hydrogen) atoms. The quantitative estimate of drug-likeness (QED) is 0.776. The van der Waals surface area contributed by atoms with Crippen LogP contribution in [0, 0.1) is 13.8 Å². The number of hydrogen-bond donors (Lipinski definition) is 1. The van der Waals surface area contributed by atoms with Crippen molar-refractivity contribution in [3.8, 4) is 5.75 Å². The van der Waals surface area contributed by atoms with E-state index in [-0.39, 0.29) is 12.5 Å². The number of benzene rings is 1. The number of carbonyl (C=O) groups excluding carboxylic acids is 1. The van der Waals surface area contributed by atoms with Crippen molar-refractivity contribution in [2.75, 3.05) is 46.0 Å². The van der Waals surface area contributed by atoms with E-state index in [2.05, 4.69) is 17.1 Å². The average Bonchev–Trinajstić information content (AvgIpc) is 2.54. The SMILES string of the molecule is Cc1ccc(OCC(=O)NCCCN2CCOCC2)cc1C. The Morgan fingerprint density at radius 1 is 1.27 bits per heavy atom. The van der Waals surface area contributed by atoms with Gasteiger partial charge in [0.2, 0.25) is 0 Å². The first-order valence-corrected chi connectivity index (χ1v) is 7.92. The van der Waals surface area contributed by atoms with Crippen molar-refractivity contribution >= 4 is 5.91 Å². The molecule has 0 aromatic heterocycles. The molecule has 1 aromatic rings. The number of carbonyl (C=O) groups is 1. The van der Waals surface area contributed by atoms with Gasteiger partial charge in [-0.05, 0) is 50.1 Å². The van der Waals surface area contributed by atoms with Gasteiger partial charge in [0, 0.05) is 19.6 Å². The molecule has 1 aliphatic heterocycles. The maximum Gasteiger partial charge on any atom is 0.257 e. The minimum atomic E-state index is -0.0693. The highest BCUT2D eigenvalue weighted by Crippen LogP contribution is 2.16. The predicted octanol–water partition coefficient (Wildman–Crippen LogP) is 1.52. The Hall–Kier alpha value is -1.59. The van der Waals surface area contributed by atoms with Gasteiger partial charge in [-0.1, -0.05) is 6.07 Å². The van der Waals surface area contributed by atoms with E-state index in [1.807, 2.05) is 25.1 Å². The van der Waals surface area contributed by atoms with Gasteiger partial charge in [-0.2, -0.15) is 0 Å². The van der Waals surface area contributed by atoms with E-state index in [4.69, 9.17) is 9.47 Å². The number of aryl methyl sites for hydroxylation is 2. The van der Waals surface area contributed by atoms with Crippen LogP contribution in [0.25, 0.3) is 0 Å². The molecule has 0 bridgehead atoms. The number of rotatable bonds is 7. The third-order valence-electron chi connectivity index (χ3n) is 3.93. The lowest BCUT2D eigenvalue weighted by Gasteiger charge is -2.26. The fraction of sp³-hybridized carbons (Fsp3) is 0.588. The highest BCUT2D eigenvalue weighted by molar-refractivity contribution is 5.77. The summed E-state index contributed by atoms with van der Waals surface area (Å²) >= 11 is 0. The van der Waals surface area contributed by atoms with Gasteiger partial charge in [-0.3, -0.25) is 9.69 Å². The molecular weight excluding hydrogens is 280 g/mol. The van der Waals surface area contributed by atoms with Crippen LogP contribution in [0.4, 0.5) is 0 Å². The Morgan fingerprint density at radius 2 is 2.05 bits per heavy atom. The van der Waals surface area contributed by atoms with Crippen LogP contribution in [0.1, 0.15) is 17.5 Å². The van der Waals surface area contributed by atoms with Crippen molar-refractivity contribution < 1.29 is 14.3 Å². The van der Waals surface area contributed by atoms with Crippen molar-refractivity contribution in [2.45, 2.75) is 20.3 Å². The average molecular weight is 306 g/mol. The van der Waals surface area contributed by atoms with Crippen molar-refractivity contribution in [3.05, 3.63) is 29.3 Å². The largest absolute Gasteiger partial charge is 0.484 e. The summed E-state index contributed by atoms with van der Waals surface area (Å²) in [5, 5.41) is 2.90. The Balaban J connectivity index is 1.58. The maximum atomic E-state index is 11.7. The van der Waals surface area contributed by atoms with E-state index in [0.717, 1.165) is 45.0 Å². The van der Waals surface area contributed by atoms with Crippen molar-refractivity contribution in [3.63, 3.8) is 0 Å². The molecule has 1 saturated heterocycles. The van der Waals surface area contributed by atoms with E-state index in [1.165, 1.54) is 11.1 Å². The summed E-state index contributed by atoms with van der Waals surface area (Å²) in [6.45, 7) is 9.46. The van der Waals surface area contributed by atoms with E-state index in [1.54, 1.807) is 0 Å². The van der Waals surface area contributed by atoms with E-state index < -0.39 is 0 Å². The van der Waals surface area contributed by atoms with Gasteiger partial charge in [0.15, 0.2) is 6.61 Å². The van der Waals surface area contributed by atoms with Crippen LogP contribution in [0.15, 0.2) is 18.2 Å². The zero-order valence-corrected chi connectivity index (χ0v) is 13.6. The molecule has 1 amide bonds. The Kier molecular flexibility index (Phi) is 6.68. The topological polar surface area (TPSA) is 50.8 Å². The molecule has 0 radical (unpaired) electrons. The van der Waals surface area contributed by atoms with Crippen LogP contribution in [0.3, 0.4) is 0 Å².